The molecule has 0 aliphatic carbocycles. The van der Waals surface area contributed by atoms with E-state index in [1.807, 2.05) is 19.1 Å². The Balaban J connectivity index is 2.45. The van der Waals surface area contributed by atoms with E-state index in [1.165, 1.54) is 5.56 Å². The molecule has 17 heavy (non-hydrogen) atoms. The number of fused-ring (bicyclic) bond motifs is 1. The van der Waals surface area contributed by atoms with Crippen LogP contribution in [-0.4, -0.2) is 11.7 Å². The van der Waals surface area contributed by atoms with Crippen molar-refractivity contribution < 1.29 is 9.84 Å². The van der Waals surface area contributed by atoms with Gasteiger partial charge in [0, 0.05) is 5.56 Å². The maximum absolute atomic E-state index is 10.7. The third-order valence-electron chi connectivity index (χ3n) is 4.05. The molecule has 0 aromatic heterocycles. The zero-order valence-corrected chi connectivity index (χ0v) is 11.0. The van der Waals surface area contributed by atoms with Gasteiger partial charge < -0.3 is 9.84 Å². The van der Waals surface area contributed by atoms with Crippen LogP contribution in [0.25, 0.3) is 0 Å². The monoisotopic (exact) mass is 234 g/mol. The summed E-state index contributed by atoms with van der Waals surface area (Å²) in [6.45, 7) is 6.85. The van der Waals surface area contributed by atoms with Gasteiger partial charge in [-0.15, -0.1) is 0 Å². The predicted molar refractivity (Wildman–Crippen MR) is 69.3 cm³/mol. The van der Waals surface area contributed by atoms with Crippen molar-refractivity contribution in [2.75, 3.05) is 6.61 Å². The first-order valence-corrected chi connectivity index (χ1v) is 6.55. The Labute approximate surface area is 104 Å². The van der Waals surface area contributed by atoms with Crippen LogP contribution >= 0.6 is 0 Å². The number of benzene rings is 1. The summed E-state index contributed by atoms with van der Waals surface area (Å²) in [7, 11) is 0. The molecular formula is C15H22O2. The SMILES string of the molecule is CCC(C)C(C)(O)c1cccc2c1OCCC2. The molecule has 1 aromatic rings. The van der Waals surface area contributed by atoms with Gasteiger partial charge in [-0.1, -0.05) is 38.5 Å². The van der Waals surface area contributed by atoms with Crippen molar-refractivity contribution in [1.29, 1.82) is 0 Å². The van der Waals surface area contributed by atoms with E-state index < -0.39 is 5.60 Å². The highest BCUT2D eigenvalue weighted by Gasteiger charge is 2.33. The molecule has 1 N–H and O–H groups in total. The highest BCUT2D eigenvalue weighted by atomic mass is 16.5. The van der Waals surface area contributed by atoms with Gasteiger partial charge in [0.05, 0.1) is 12.2 Å². The largest absolute Gasteiger partial charge is 0.493 e. The fraction of sp³-hybridized carbons (Fsp3) is 0.600. The Bertz CT molecular complexity index is 396. The maximum Gasteiger partial charge on any atom is 0.128 e. The van der Waals surface area contributed by atoms with Crippen molar-refractivity contribution in [3.05, 3.63) is 29.3 Å². The number of aryl methyl sites for hydroxylation is 1. The minimum absolute atomic E-state index is 0.222. The van der Waals surface area contributed by atoms with Crippen LogP contribution < -0.4 is 4.74 Å². The quantitative estimate of drug-likeness (QED) is 0.869. The van der Waals surface area contributed by atoms with Crippen molar-refractivity contribution in [1.82, 2.24) is 0 Å². The van der Waals surface area contributed by atoms with Gasteiger partial charge in [0.25, 0.3) is 0 Å². The first-order chi connectivity index (χ1) is 8.07. The van der Waals surface area contributed by atoms with Gasteiger partial charge in [-0.05, 0) is 31.2 Å². The van der Waals surface area contributed by atoms with Crippen molar-refractivity contribution in [3.63, 3.8) is 0 Å². The second-order valence-corrected chi connectivity index (χ2v) is 5.20. The molecule has 0 fully saturated rings. The van der Waals surface area contributed by atoms with Crippen molar-refractivity contribution in [3.8, 4) is 5.75 Å². The molecule has 2 nitrogen and oxygen atoms in total. The fourth-order valence-electron chi connectivity index (χ4n) is 2.45. The Morgan fingerprint density at radius 3 is 2.94 bits per heavy atom. The van der Waals surface area contributed by atoms with E-state index >= 15 is 0 Å². The zero-order valence-electron chi connectivity index (χ0n) is 11.0. The van der Waals surface area contributed by atoms with Crippen molar-refractivity contribution >= 4 is 0 Å². The Kier molecular flexibility index (Phi) is 3.43. The van der Waals surface area contributed by atoms with E-state index in [9.17, 15) is 5.11 Å². The Morgan fingerprint density at radius 1 is 1.47 bits per heavy atom. The predicted octanol–water partition coefficient (Wildman–Crippen LogP) is 3.27. The number of hydrogen-bond acceptors (Lipinski definition) is 2. The summed E-state index contributed by atoms with van der Waals surface area (Å²) in [5.74, 6) is 1.14. The van der Waals surface area contributed by atoms with E-state index in [0.717, 1.165) is 37.2 Å². The summed E-state index contributed by atoms with van der Waals surface area (Å²) >= 11 is 0. The molecular weight excluding hydrogens is 212 g/mol. The molecule has 2 unspecified atom stereocenters. The zero-order chi connectivity index (χ0) is 12.5. The highest BCUT2D eigenvalue weighted by molar-refractivity contribution is 5.45. The summed E-state index contributed by atoms with van der Waals surface area (Å²) in [5, 5.41) is 10.7. The summed E-state index contributed by atoms with van der Waals surface area (Å²) < 4.78 is 5.78. The number of para-hydroxylation sites is 1. The highest BCUT2D eigenvalue weighted by Crippen LogP contribution is 2.40. The Hall–Kier alpha value is -1.02. The summed E-state index contributed by atoms with van der Waals surface area (Å²) in [4.78, 5) is 0. The Morgan fingerprint density at radius 2 is 2.24 bits per heavy atom. The van der Waals surface area contributed by atoms with Gasteiger partial charge >= 0.3 is 0 Å². The molecule has 2 atom stereocenters. The molecule has 0 radical (unpaired) electrons. The molecule has 0 saturated carbocycles. The molecule has 1 heterocycles. The van der Waals surface area contributed by atoms with E-state index in [2.05, 4.69) is 19.9 Å². The van der Waals surface area contributed by atoms with Gasteiger partial charge in [-0.3, -0.25) is 0 Å². The summed E-state index contributed by atoms with van der Waals surface area (Å²) in [6, 6.07) is 6.13. The minimum Gasteiger partial charge on any atom is -0.493 e. The van der Waals surface area contributed by atoms with Gasteiger partial charge in [-0.2, -0.15) is 0 Å². The van der Waals surface area contributed by atoms with Crippen LogP contribution in [0.3, 0.4) is 0 Å². The van der Waals surface area contributed by atoms with Crippen molar-refractivity contribution in [2.45, 2.75) is 45.6 Å². The van der Waals surface area contributed by atoms with Crippen LogP contribution in [-0.2, 0) is 12.0 Å². The molecule has 1 aliphatic rings. The van der Waals surface area contributed by atoms with Crippen LogP contribution in [0.4, 0.5) is 0 Å². The fourth-order valence-corrected chi connectivity index (χ4v) is 2.45. The lowest BCUT2D eigenvalue weighted by molar-refractivity contribution is -0.00286. The van der Waals surface area contributed by atoms with Crippen LogP contribution in [0.5, 0.6) is 5.75 Å². The minimum atomic E-state index is -0.808. The van der Waals surface area contributed by atoms with Crippen molar-refractivity contribution in [2.24, 2.45) is 5.92 Å². The number of aliphatic hydroxyl groups is 1. The molecule has 1 aliphatic heterocycles. The van der Waals surface area contributed by atoms with Gasteiger partial charge in [0.2, 0.25) is 0 Å². The molecule has 2 rings (SSSR count). The summed E-state index contributed by atoms with van der Waals surface area (Å²) in [6.07, 6.45) is 3.08. The van der Waals surface area contributed by atoms with E-state index in [4.69, 9.17) is 4.74 Å². The average molecular weight is 234 g/mol. The van der Waals surface area contributed by atoms with Crippen LogP contribution in [0, 0.1) is 5.92 Å². The smallest absolute Gasteiger partial charge is 0.128 e. The number of ether oxygens (including phenoxy) is 1. The normalized spacial score (nSPS) is 20.0. The molecule has 0 spiro atoms. The molecule has 94 valence electrons. The van der Waals surface area contributed by atoms with Gasteiger partial charge in [-0.25, -0.2) is 0 Å². The number of hydrogen-bond donors (Lipinski definition) is 1. The lowest BCUT2D eigenvalue weighted by atomic mass is 9.81. The molecule has 2 heteroatoms. The molecule has 0 bridgehead atoms. The molecule has 0 saturated heterocycles. The van der Waals surface area contributed by atoms with E-state index in [-0.39, 0.29) is 5.92 Å². The summed E-state index contributed by atoms with van der Waals surface area (Å²) in [5.41, 5.74) is 1.37. The van der Waals surface area contributed by atoms with Crippen LogP contribution in [0.2, 0.25) is 0 Å². The van der Waals surface area contributed by atoms with Gasteiger partial charge in [0.15, 0.2) is 0 Å². The third-order valence-corrected chi connectivity index (χ3v) is 4.05. The van der Waals surface area contributed by atoms with Crippen LogP contribution in [0.15, 0.2) is 18.2 Å². The van der Waals surface area contributed by atoms with Gasteiger partial charge in [0.1, 0.15) is 5.75 Å². The maximum atomic E-state index is 10.7. The first-order valence-electron chi connectivity index (χ1n) is 6.55. The standard InChI is InChI=1S/C15H22O2/c1-4-11(2)15(3,16)13-9-5-7-12-8-6-10-17-14(12)13/h5,7,9,11,16H,4,6,8,10H2,1-3H3. The van der Waals surface area contributed by atoms with Crippen LogP contribution in [0.1, 0.15) is 44.7 Å². The lowest BCUT2D eigenvalue weighted by Gasteiger charge is -2.33. The first kappa shape index (κ1) is 12.4. The third kappa shape index (κ3) is 2.19. The molecule has 1 aromatic carbocycles. The average Bonchev–Trinajstić information content (AvgIpc) is 2.37. The topological polar surface area (TPSA) is 29.5 Å². The number of rotatable bonds is 3. The second kappa shape index (κ2) is 4.69. The van der Waals surface area contributed by atoms with E-state index in [1.54, 1.807) is 0 Å². The lowest BCUT2D eigenvalue weighted by Crippen LogP contribution is -2.31. The molecule has 0 amide bonds. The second-order valence-electron chi connectivity index (χ2n) is 5.20. The van der Waals surface area contributed by atoms with E-state index in [0.29, 0.717) is 0 Å².